The SMILES string of the molecule is CCOF.COC. The molecule has 0 spiro atoms. The zero-order valence-electron chi connectivity index (χ0n) is 4.90. The predicted molar refractivity (Wildman–Crippen MR) is 25.7 cm³/mol. The minimum atomic E-state index is 0.153. The lowest BCUT2D eigenvalue weighted by atomic mass is 10.9. The molecule has 0 rings (SSSR count). The van der Waals surface area contributed by atoms with Crippen molar-refractivity contribution < 1.29 is 14.2 Å². The van der Waals surface area contributed by atoms with Crippen LogP contribution in [0.25, 0.3) is 0 Å². The highest BCUT2D eigenvalue weighted by atomic mass is 19.3. The summed E-state index contributed by atoms with van der Waals surface area (Å²) in [6.07, 6.45) is 0. The van der Waals surface area contributed by atoms with E-state index in [1.165, 1.54) is 0 Å². The summed E-state index contributed by atoms with van der Waals surface area (Å²) in [5.74, 6) is 0. The van der Waals surface area contributed by atoms with Gasteiger partial charge in [-0.15, -0.1) is 0 Å². The summed E-state index contributed by atoms with van der Waals surface area (Å²) >= 11 is 0. The molecular formula is C4H11FO2. The van der Waals surface area contributed by atoms with Crippen LogP contribution in [0.5, 0.6) is 0 Å². The first-order valence-electron chi connectivity index (χ1n) is 1.97. The third kappa shape index (κ3) is 120. The third-order valence-electron chi connectivity index (χ3n) is 0.109. The van der Waals surface area contributed by atoms with Crippen molar-refractivity contribution in [1.29, 1.82) is 0 Å². The molecule has 0 aromatic carbocycles. The lowest BCUT2D eigenvalue weighted by Gasteiger charge is -1.68. The average Bonchev–Trinajstić information content (AvgIpc) is 1.69. The highest BCUT2D eigenvalue weighted by Gasteiger charge is 1.57. The fraction of sp³-hybridized carbons (Fsp3) is 1.00. The van der Waals surface area contributed by atoms with Gasteiger partial charge < -0.3 is 4.74 Å². The van der Waals surface area contributed by atoms with Gasteiger partial charge in [-0.05, 0) is 11.4 Å². The molecule has 0 N–H and O–H groups in total. The molecule has 7 heavy (non-hydrogen) atoms. The summed E-state index contributed by atoms with van der Waals surface area (Å²) < 4.78 is 14.5. The van der Waals surface area contributed by atoms with Crippen LogP contribution < -0.4 is 0 Å². The molecule has 3 heteroatoms. The molecule has 0 radical (unpaired) electrons. The maximum Gasteiger partial charge on any atom is 0.0848 e. The predicted octanol–water partition coefficient (Wildman–Crippen LogP) is 1.17. The zero-order chi connectivity index (χ0) is 6.12. The van der Waals surface area contributed by atoms with Crippen molar-refractivity contribution in [2.75, 3.05) is 20.8 Å². The largest absolute Gasteiger partial charge is 0.388 e. The van der Waals surface area contributed by atoms with Gasteiger partial charge in [0, 0.05) is 14.2 Å². The van der Waals surface area contributed by atoms with E-state index in [4.69, 9.17) is 0 Å². The zero-order valence-corrected chi connectivity index (χ0v) is 4.90. The Morgan fingerprint density at radius 3 is 1.57 bits per heavy atom. The molecule has 0 aromatic rings. The van der Waals surface area contributed by atoms with Crippen LogP contribution in [0, 0.1) is 0 Å². The molecule has 0 aromatic heterocycles. The standard InChI is InChI=1S/C2H5FO.C2H6O/c1-2-4-3;1-3-2/h2H2,1H3;1-2H3. The van der Waals surface area contributed by atoms with Crippen LogP contribution in [-0.2, 0) is 9.68 Å². The van der Waals surface area contributed by atoms with Gasteiger partial charge in [0.15, 0.2) is 0 Å². The van der Waals surface area contributed by atoms with Crippen LogP contribution >= 0.6 is 0 Å². The number of ether oxygens (including phenoxy) is 1. The highest BCUT2D eigenvalue weighted by molar-refractivity contribution is 3.89. The Hall–Kier alpha value is -0.150. The second-order valence-electron chi connectivity index (χ2n) is 0.806. The van der Waals surface area contributed by atoms with Crippen LogP contribution in [0.2, 0.25) is 0 Å². The van der Waals surface area contributed by atoms with Crippen LogP contribution in [0.4, 0.5) is 4.53 Å². The number of methoxy groups -OCH3 is 1. The normalized spacial score (nSPS) is 6.86. The lowest BCUT2D eigenvalue weighted by Crippen LogP contribution is -1.66. The lowest BCUT2D eigenvalue weighted by molar-refractivity contribution is -0.125. The van der Waals surface area contributed by atoms with E-state index < -0.39 is 0 Å². The van der Waals surface area contributed by atoms with Crippen molar-refractivity contribution in [3.63, 3.8) is 0 Å². The fourth-order valence-electron chi connectivity index (χ4n) is 0. The monoisotopic (exact) mass is 110 g/mol. The molecule has 0 aliphatic rings. The summed E-state index contributed by atoms with van der Waals surface area (Å²) in [5.41, 5.74) is 0. The summed E-state index contributed by atoms with van der Waals surface area (Å²) in [7, 11) is 3.25. The topological polar surface area (TPSA) is 18.5 Å². The van der Waals surface area contributed by atoms with Gasteiger partial charge in [-0.25, -0.2) is 0 Å². The molecule has 0 aliphatic carbocycles. The molecule has 0 bridgehead atoms. The van der Waals surface area contributed by atoms with Crippen molar-refractivity contribution in [1.82, 2.24) is 0 Å². The Morgan fingerprint density at radius 2 is 1.57 bits per heavy atom. The smallest absolute Gasteiger partial charge is 0.0848 e. The van der Waals surface area contributed by atoms with Gasteiger partial charge in [0.25, 0.3) is 0 Å². The van der Waals surface area contributed by atoms with E-state index in [1.54, 1.807) is 21.1 Å². The Balaban J connectivity index is 0. The second kappa shape index (κ2) is 16.9. The summed E-state index contributed by atoms with van der Waals surface area (Å²) in [4.78, 5) is 3.04. The minimum Gasteiger partial charge on any atom is -0.388 e. The summed E-state index contributed by atoms with van der Waals surface area (Å²) in [6, 6.07) is 0. The molecule has 0 aliphatic heterocycles. The van der Waals surface area contributed by atoms with Crippen LogP contribution in [0.15, 0.2) is 0 Å². The molecule has 0 atom stereocenters. The maximum absolute atomic E-state index is 10.2. The highest BCUT2D eigenvalue weighted by Crippen LogP contribution is 1.63. The van der Waals surface area contributed by atoms with Gasteiger partial charge in [0.2, 0.25) is 0 Å². The number of hydrogen-bond acceptors (Lipinski definition) is 2. The van der Waals surface area contributed by atoms with Gasteiger partial charge in [-0.2, -0.15) is 4.94 Å². The Morgan fingerprint density at radius 1 is 1.43 bits per heavy atom. The number of hydrogen-bond donors (Lipinski definition) is 0. The maximum atomic E-state index is 10.2. The number of rotatable bonds is 1. The Bertz CT molecular complexity index is 17.2. The van der Waals surface area contributed by atoms with E-state index in [0.29, 0.717) is 0 Å². The van der Waals surface area contributed by atoms with Crippen molar-refractivity contribution in [3.8, 4) is 0 Å². The molecule has 0 saturated heterocycles. The molecule has 0 saturated carbocycles. The van der Waals surface area contributed by atoms with Gasteiger partial charge >= 0.3 is 0 Å². The first-order valence-corrected chi connectivity index (χ1v) is 1.97. The van der Waals surface area contributed by atoms with Crippen LogP contribution in [-0.4, -0.2) is 20.8 Å². The van der Waals surface area contributed by atoms with E-state index in [0.717, 1.165) is 0 Å². The molecule has 0 unspecified atom stereocenters. The van der Waals surface area contributed by atoms with E-state index in [-0.39, 0.29) is 6.61 Å². The summed E-state index contributed by atoms with van der Waals surface area (Å²) in [5, 5.41) is 0. The van der Waals surface area contributed by atoms with E-state index in [2.05, 4.69) is 9.68 Å². The average molecular weight is 110 g/mol. The minimum absolute atomic E-state index is 0.153. The van der Waals surface area contributed by atoms with Crippen molar-refractivity contribution >= 4 is 0 Å². The van der Waals surface area contributed by atoms with E-state index >= 15 is 0 Å². The first-order chi connectivity index (χ1) is 3.33. The van der Waals surface area contributed by atoms with Crippen LogP contribution in [0.1, 0.15) is 6.92 Å². The van der Waals surface area contributed by atoms with Crippen molar-refractivity contribution in [2.24, 2.45) is 0 Å². The quantitative estimate of drug-likeness (QED) is 0.504. The molecule has 0 fully saturated rings. The second-order valence-corrected chi connectivity index (χ2v) is 0.806. The third-order valence-corrected chi connectivity index (χ3v) is 0.109. The Kier molecular flexibility index (Phi) is 24.1. The van der Waals surface area contributed by atoms with Crippen molar-refractivity contribution in [3.05, 3.63) is 0 Å². The molecular weight excluding hydrogens is 99.0 g/mol. The van der Waals surface area contributed by atoms with Gasteiger partial charge in [-0.3, -0.25) is 0 Å². The molecule has 0 heterocycles. The van der Waals surface area contributed by atoms with Gasteiger partial charge in [0.1, 0.15) is 0 Å². The first kappa shape index (κ1) is 9.97. The summed E-state index contributed by atoms with van der Waals surface area (Å²) in [6.45, 7) is 1.74. The molecule has 2 nitrogen and oxygen atoms in total. The molecule has 0 amide bonds. The fourth-order valence-corrected chi connectivity index (χ4v) is 0. The molecule has 46 valence electrons. The number of halogens is 1. The van der Waals surface area contributed by atoms with Crippen molar-refractivity contribution in [2.45, 2.75) is 6.92 Å². The van der Waals surface area contributed by atoms with E-state index in [9.17, 15) is 4.53 Å². The van der Waals surface area contributed by atoms with Gasteiger partial charge in [-0.1, -0.05) is 0 Å². The van der Waals surface area contributed by atoms with Crippen LogP contribution in [0.3, 0.4) is 0 Å². The Labute approximate surface area is 43.1 Å². The van der Waals surface area contributed by atoms with E-state index in [1.807, 2.05) is 0 Å². The van der Waals surface area contributed by atoms with Gasteiger partial charge in [0.05, 0.1) is 6.61 Å².